The van der Waals surface area contributed by atoms with Crippen molar-refractivity contribution >= 4 is 40.2 Å². The summed E-state index contributed by atoms with van der Waals surface area (Å²) in [6.45, 7) is 5.23. The minimum atomic E-state index is -0.843. The van der Waals surface area contributed by atoms with Gasteiger partial charge in [-0.3, -0.25) is 19.7 Å². The van der Waals surface area contributed by atoms with Crippen LogP contribution in [0.2, 0.25) is 0 Å². The van der Waals surface area contributed by atoms with Gasteiger partial charge in [-0.15, -0.1) is 0 Å². The summed E-state index contributed by atoms with van der Waals surface area (Å²) < 4.78 is 5.79. The lowest BCUT2D eigenvalue weighted by molar-refractivity contribution is -0.120. The van der Waals surface area contributed by atoms with Crippen LogP contribution in [0.4, 0.5) is 16.2 Å². The molecule has 1 aliphatic rings. The van der Waals surface area contributed by atoms with Crippen molar-refractivity contribution in [3.05, 3.63) is 160 Å². The Morgan fingerprint density at radius 1 is 0.864 bits per heavy atom. The van der Waals surface area contributed by atoms with Crippen LogP contribution in [0.3, 0.4) is 0 Å². The molecule has 5 aromatic carbocycles. The second-order valence-corrected chi connectivity index (χ2v) is 17.1. The molecule has 1 aliphatic heterocycles. The molecule has 0 spiro atoms. The molecule has 7 rings (SSSR count). The van der Waals surface area contributed by atoms with Gasteiger partial charge in [-0.25, -0.2) is 4.79 Å². The number of aromatic hydroxyl groups is 1. The Bertz CT molecular complexity index is 2630. The van der Waals surface area contributed by atoms with E-state index in [2.05, 4.69) is 44.9 Å². The summed E-state index contributed by atoms with van der Waals surface area (Å²) in [5.41, 5.74) is 7.15. The molecule has 0 unspecified atom stereocenters. The van der Waals surface area contributed by atoms with Gasteiger partial charge < -0.3 is 40.4 Å². The van der Waals surface area contributed by atoms with Crippen molar-refractivity contribution in [2.75, 3.05) is 50.0 Å². The van der Waals surface area contributed by atoms with E-state index in [1.54, 1.807) is 24.1 Å². The molecule has 6 N–H and O–H groups in total. The summed E-state index contributed by atoms with van der Waals surface area (Å²) in [5, 5.41) is 31.1. The molecule has 66 heavy (non-hydrogen) atoms. The number of ether oxygens (including phenoxy) is 1. The van der Waals surface area contributed by atoms with Gasteiger partial charge in [-0.05, 0) is 104 Å². The molecule has 2 atom stereocenters. The minimum Gasteiger partial charge on any atom is -0.506 e. The highest BCUT2D eigenvalue weighted by molar-refractivity contribution is 5.93. The van der Waals surface area contributed by atoms with E-state index < -0.39 is 12.2 Å². The number of amides is 3. The molecule has 0 bridgehead atoms. The van der Waals surface area contributed by atoms with Crippen molar-refractivity contribution in [3.63, 3.8) is 0 Å². The Hall–Kier alpha value is -6.80. The largest absolute Gasteiger partial charge is 0.506 e. The number of nitrogens with one attached hydrogen (secondary N) is 4. The van der Waals surface area contributed by atoms with Crippen molar-refractivity contribution in [2.24, 2.45) is 0 Å². The van der Waals surface area contributed by atoms with E-state index in [-0.39, 0.29) is 41.7 Å². The molecule has 0 aliphatic carbocycles. The number of benzene rings is 5. The summed E-state index contributed by atoms with van der Waals surface area (Å²) in [6, 6.07) is 39.6. The minimum absolute atomic E-state index is 0.0274. The van der Waals surface area contributed by atoms with Crippen molar-refractivity contribution < 1.29 is 29.3 Å². The Labute approximate surface area is 385 Å². The highest BCUT2D eigenvalue weighted by atomic mass is 16.6. The zero-order valence-electron chi connectivity index (χ0n) is 37.7. The highest BCUT2D eigenvalue weighted by Gasteiger charge is 2.23. The van der Waals surface area contributed by atoms with Crippen LogP contribution >= 0.6 is 0 Å². The van der Waals surface area contributed by atoms with Crippen LogP contribution in [0.15, 0.2) is 132 Å². The number of aliphatic hydroxyl groups is 1. The average molecular weight is 893 g/mol. The maximum absolute atomic E-state index is 13.1. The predicted octanol–water partition coefficient (Wildman–Crippen LogP) is 7.51. The van der Waals surface area contributed by atoms with Gasteiger partial charge in [0, 0.05) is 68.4 Å². The number of H-pyrrole nitrogens is 1. The van der Waals surface area contributed by atoms with Crippen LogP contribution in [0.1, 0.15) is 61.0 Å². The van der Waals surface area contributed by atoms with Crippen LogP contribution in [-0.2, 0) is 33.6 Å². The normalized spacial score (nSPS) is 14.0. The fourth-order valence-electron chi connectivity index (χ4n) is 8.51. The number of aromatic amines is 1. The summed E-state index contributed by atoms with van der Waals surface area (Å²) in [4.78, 5) is 57.1. The van der Waals surface area contributed by atoms with E-state index >= 15 is 0 Å². The maximum Gasteiger partial charge on any atom is 0.411 e. The van der Waals surface area contributed by atoms with Crippen LogP contribution in [0, 0.1) is 0 Å². The first kappa shape index (κ1) is 47.2. The number of piperidine rings is 1. The molecule has 3 amide bonds. The molecule has 1 saturated heterocycles. The fraction of sp³-hybridized carbons (Fsp3) is 0.321. The van der Waals surface area contributed by atoms with Gasteiger partial charge in [-0.2, -0.15) is 0 Å². The van der Waals surface area contributed by atoms with E-state index in [4.69, 9.17) is 4.74 Å². The quantitative estimate of drug-likeness (QED) is 0.0481. The lowest BCUT2D eigenvalue weighted by Crippen LogP contribution is -2.39. The number of rotatable bonds is 19. The summed E-state index contributed by atoms with van der Waals surface area (Å²) in [6.07, 6.45) is 2.81. The summed E-state index contributed by atoms with van der Waals surface area (Å²) in [7, 11) is 1.78. The number of hydrogen-bond donors (Lipinski definition) is 6. The number of aromatic nitrogens is 1. The number of aliphatic hydroxyl groups excluding tert-OH is 1. The van der Waals surface area contributed by atoms with Crippen LogP contribution in [-0.4, -0.2) is 89.9 Å². The van der Waals surface area contributed by atoms with Gasteiger partial charge in [0.05, 0.1) is 23.7 Å². The second-order valence-electron chi connectivity index (χ2n) is 17.1. The first-order valence-corrected chi connectivity index (χ1v) is 22.8. The Morgan fingerprint density at radius 2 is 1.61 bits per heavy atom. The molecule has 13 heteroatoms. The van der Waals surface area contributed by atoms with Gasteiger partial charge in [0.15, 0.2) is 0 Å². The van der Waals surface area contributed by atoms with E-state index in [0.717, 1.165) is 78.8 Å². The zero-order valence-corrected chi connectivity index (χ0v) is 37.7. The molecule has 6 aromatic rings. The first-order chi connectivity index (χ1) is 32.0. The molecule has 13 nitrogen and oxygen atoms in total. The van der Waals surface area contributed by atoms with Gasteiger partial charge in [0.2, 0.25) is 17.4 Å². The molecule has 0 saturated carbocycles. The number of hydrogen-bond acceptors (Lipinski definition) is 9. The van der Waals surface area contributed by atoms with E-state index in [1.165, 1.54) is 12.1 Å². The third-order valence-electron chi connectivity index (χ3n) is 12.2. The molecule has 1 aromatic heterocycles. The SMILES string of the molecule is C[C@H](Cc1cccc(CCNC(=O)Cc2ccc(N(C)C(=O)CCCN3CCC(OC(=O)Nc4ccccc4-c4ccccc4)CC3)cc2)c1)NC[C@H](O)c1ccc(O)c2[nH]c(=O)ccc12. The molecule has 2 heterocycles. The number of para-hydroxylation sites is 1. The van der Waals surface area contributed by atoms with Crippen LogP contribution < -0.4 is 26.4 Å². The molecule has 1 fully saturated rings. The number of pyridine rings is 1. The molecular formula is C53H60N6O7. The molecular weight excluding hydrogens is 833 g/mol. The number of phenols is 1. The van der Waals surface area contributed by atoms with Gasteiger partial charge in [-0.1, -0.05) is 91.0 Å². The van der Waals surface area contributed by atoms with Crippen molar-refractivity contribution in [1.82, 2.24) is 20.5 Å². The number of carbonyl (C=O) groups is 3. The average Bonchev–Trinajstić information content (AvgIpc) is 3.32. The third kappa shape index (κ3) is 13.2. The molecule has 344 valence electrons. The third-order valence-corrected chi connectivity index (χ3v) is 12.2. The van der Waals surface area contributed by atoms with Crippen molar-refractivity contribution in [3.8, 4) is 16.9 Å². The number of fused-ring (bicyclic) bond motifs is 1. The predicted molar refractivity (Wildman–Crippen MR) is 260 cm³/mol. The smallest absolute Gasteiger partial charge is 0.411 e. The van der Waals surface area contributed by atoms with Gasteiger partial charge in [0.1, 0.15) is 11.9 Å². The lowest BCUT2D eigenvalue weighted by Gasteiger charge is -2.31. The van der Waals surface area contributed by atoms with Gasteiger partial charge >= 0.3 is 6.09 Å². The van der Waals surface area contributed by atoms with E-state index in [9.17, 15) is 29.4 Å². The zero-order chi connectivity index (χ0) is 46.4. The first-order valence-electron chi connectivity index (χ1n) is 22.8. The van der Waals surface area contributed by atoms with Gasteiger partial charge in [0.25, 0.3) is 0 Å². The fourth-order valence-corrected chi connectivity index (χ4v) is 8.51. The Kier molecular flexibility index (Phi) is 16.4. The van der Waals surface area contributed by atoms with E-state index in [1.807, 2.05) is 91.0 Å². The Balaban J connectivity index is 0.762. The number of carbonyl (C=O) groups excluding carboxylic acids is 3. The van der Waals surface area contributed by atoms with Crippen LogP contribution in [0.5, 0.6) is 5.75 Å². The lowest BCUT2D eigenvalue weighted by atomic mass is 10.0. The van der Waals surface area contributed by atoms with E-state index in [0.29, 0.717) is 48.1 Å². The standard InChI is InChI=1S/C53H60N6O7/c1-36(55-35-48(61)44-21-23-47(60)52-45(44)22-24-49(62)57-52)32-39-11-8-10-37(33-39)25-28-54-50(63)34-38-17-19-41(20-18-38)58(2)51(64)16-9-29-59-30-26-42(27-31-59)66-53(65)56-46-15-7-6-14-43(46)40-12-4-3-5-13-40/h3-8,10-15,17-24,33,36,42,48,55,60-61H,9,16,25-32,34-35H2,1-2H3,(H,54,63)(H,56,65)(H,57,62)/t36-,48+/m1/s1. The highest BCUT2D eigenvalue weighted by Crippen LogP contribution is 2.30. The second kappa shape index (κ2) is 22.9. The number of nitrogens with zero attached hydrogens (tertiary/aromatic N) is 2. The Morgan fingerprint density at radius 3 is 2.39 bits per heavy atom. The monoisotopic (exact) mass is 892 g/mol. The maximum atomic E-state index is 13.1. The summed E-state index contributed by atoms with van der Waals surface area (Å²) >= 11 is 0. The molecule has 0 radical (unpaired) electrons. The number of likely N-dealkylation sites (tertiary alicyclic amines) is 1. The summed E-state index contributed by atoms with van der Waals surface area (Å²) in [5.74, 6) is -0.0911. The number of phenolic OH excluding ortho intramolecular Hbond substituents is 1. The van der Waals surface area contributed by atoms with Crippen LogP contribution in [0.25, 0.3) is 22.0 Å². The number of anilines is 2. The van der Waals surface area contributed by atoms with Crippen molar-refractivity contribution in [2.45, 2.75) is 70.1 Å². The van der Waals surface area contributed by atoms with Crippen molar-refractivity contribution in [1.29, 1.82) is 0 Å². The topological polar surface area (TPSA) is 176 Å².